The first-order chi connectivity index (χ1) is 26.8. The normalized spacial score (nSPS) is 14.8. The molecular formula is C54H38O. The molecule has 12 rings (SSSR count). The van der Waals surface area contributed by atoms with Crippen molar-refractivity contribution in [2.75, 3.05) is 0 Å². The first kappa shape index (κ1) is 31.0. The fourth-order valence-corrected chi connectivity index (χ4v) is 10.6. The zero-order valence-corrected chi connectivity index (χ0v) is 31.4. The molecule has 0 spiro atoms. The second-order valence-corrected chi connectivity index (χ2v) is 16.8. The summed E-state index contributed by atoms with van der Waals surface area (Å²) >= 11 is 0. The molecule has 0 radical (unpaired) electrons. The van der Waals surface area contributed by atoms with Crippen LogP contribution in [0.15, 0.2) is 162 Å². The van der Waals surface area contributed by atoms with E-state index in [1.165, 1.54) is 110 Å². The third-order valence-corrected chi connectivity index (χ3v) is 13.3. The lowest BCUT2D eigenvalue weighted by molar-refractivity contribution is 0.660. The maximum absolute atomic E-state index is 6.30. The predicted molar refractivity (Wildman–Crippen MR) is 232 cm³/mol. The van der Waals surface area contributed by atoms with Crippen LogP contribution in [0.3, 0.4) is 0 Å². The summed E-state index contributed by atoms with van der Waals surface area (Å²) in [5.41, 5.74) is 17.8. The van der Waals surface area contributed by atoms with E-state index in [2.05, 4.69) is 179 Å². The third-order valence-electron chi connectivity index (χ3n) is 13.3. The molecule has 0 saturated carbocycles. The van der Waals surface area contributed by atoms with Gasteiger partial charge in [0.25, 0.3) is 0 Å². The van der Waals surface area contributed by atoms with Crippen LogP contribution in [-0.2, 0) is 10.8 Å². The zero-order valence-electron chi connectivity index (χ0n) is 31.4. The maximum Gasteiger partial charge on any atom is 0.136 e. The largest absolute Gasteiger partial charge is 0.456 e. The summed E-state index contributed by atoms with van der Waals surface area (Å²) in [5.74, 6) is 0. The van der Waals surface area contributed by atoms with Gasteiger partial charge in [-0.3, -0.25) is 0 Å². The molecule has 2 aliphatic carbocycles. The van der Waals surface area contributed by atoms with Crippen molar-refractivity contribution in [2.24, 2.45) is 0 Å². The molecule has 0 fully saturated rings. The molecular weight excluding hydrogens is 665 g/mol. The van der Waals surface area contributed by atoms with Crippen molar-refractivity contribution in [2.45, 2.75) is 38.5 Å². The molecule has 9 aromatic carbocycles. The quantitative estimate of drug-likeness (QED) is 0.163. The smallest absolute Gasteiger partial charge is 0.136 e. The molecule has 2 aliphatic rings. The van der Waals surface area contributed by atoms with Crippen molar-refractivity contribution in [1.82, 2.24) is 0 Å². The number of hydrogen-bond donors (Lipinski definition) is 0. The average Bonchev–Trinajstić information content (AvgIpc) is 3.79. The highest BCUT2D eigenvalue weighted by Gasteiger charge is 2.38. The van der Waals surface area contributed by atoms with E-state index >= 15 is 0 Å². The lowest BCUT2D eigenvalue weighted by Gasteiger charge is -2.23. The molecule has 1 nitrogen and oxygen atoms in total. The fourth-order valence-electron chi connectivity index (χ4n) is 10.6. The lowest BCUT2D eigenvalue weighted by Crippen LogP contribution is -2.15. The standard InChI is InChI=1S/C54H38O/c1-53(2)43-19-11-9-13-33(43)42-29-31(22-26-44(42)53)49-34-14-5-7-16-36(34)50(37-17-8-6-15-35(37)49)32-21-23-40-46(30-32)54(3,4)45-27-24-39-38(51(40)45)25-28-48-52(39)41-18-10-12-20-47(41)55-48/h5-30H,1-4H3. The van der Waals surface area contributed by atoms with E-state index in [0.717, 1.165) is 11.2 Å². The summed E-state index contributed by atoms with van der Waals surface area (Å²) in [6, 6.07) is 59.0. The van der Waals surface area contributed by atoms with Gasteiger partial charge in [-0.1, -0.05) is 155 Å². The van der Waals surface area contributed by atoms with Gasteiger partial charge in [-0.25, -0.2) is 0 Å². The van der Waals surface area contributed by atoms with Crippen LogP contribution in [0.2, 0.25) is 0 Å². The molecule has 1 aromatic heterocycles. The number of rotatable bonds is 2. The highest BCUT2D eigenvalue weighted by atomic mass is 16.3. The lowest BCUT2D eigenvalue weighted by atomic mass is 9.80. The minimum Gasteiger partial charge on any atom is -0.456 e. The molecule has 0 aliphatic heterocycles. The topological polar surface area (TPSA) is 13.1 Å². The molecule has 0 amide bonds. The van der Waals surface area contributed by atoms with Crippen LogP contribution in [0, 0.1) is 0 Å². The summed E-state index contributed by atoms with van der Waals surface area (Å²) in [7, 11) is 0. The zero-order chi connectivity index (χ0) is 36.8. The molecule has 1 heterocycles. The van der Waals surface area contributed by atoms with E-state index in [9.17, 15) is 0 Å². The van der Waals surface area contributed by atoms with E-state index in [0.29, 0.717) is 0 Å². The monoisotopic (exact) mass is 702 g/mol. The van der Waals surface area contributed by atoms with E-state index in [1.54, 1.807) is 0 Å². The van der Waals surface area contributed by atoms with Crippen molar-refractivity contribution in [1.29, 1.82) is 0 Å². The van der Waals surface area contributed by atoms with Crippen LogP contribution >= 0.6 is 0 Å². The van der Waals surface area contributed by atoms with Gasteiger partial charge >= 0.3 is 0 Å². The highest BCUT2D eigenvalue weighted by Crippen LogP contribution is 2.55. The van der Waals surface area contributed by atoms with E-state index in [-0.39, 0.29) is 10.8 Å². The Morgan fingerprint density at radius 1 is 0.327 bits per heavy atom. The summed E-state index contributed by atoms with van der Waals surface area (Å²) < 4.78 is 6.30. The Morgan fingerprint density at radius 2 is 0.855 bits per heavy atom. The van der Waals surface area contributed by atoms with Gasteiger partial charge in [-0.05, 0) is 129 Å². The Morgan fingerprint density at radius 3 is 1.58 bits per heavy atom. The molecule has 0 unspecified atom stereocenters. The van der Waals surface area contributed by atoms with Gasteiger partial charge in [-0.2, -0.15) is 0 Å². The van der Waals surface area contributed by atoms with Crippen molar-refractivity contribution >= 4 is 54.3 Å². The van der Waals surface area contributed by atoms with Gasteiger partial charge in [0, 0.05) is 21.6 Å². The van der Waals surface area contributed by atoms with E-state index in [1.807, 2.05) is 6.07 Å². The summed E-state index contributed by atoms with van der Waals surface area (Å²) in [5, 5.41) is 10.0. The summed E-state index contributed by atoms with van der Waals surface area (Å²) in [6.07, 6.45) is 0. The Labute approximate surface area is 320 Å². The average molecular weight is 703 g/mol. The van der Waals surface area contributed by atoms with Crippen LogP contribution in [-0.4, -0.2) is 0 Å². The second-order valence-electron chi connectivity index (χ2n) is 16.8. The molecule has 0 N–H and O–H groups in total. The Bertz CT molecular complexity index is 3260. The van der Waals surface area contributed by atoms with Crippen LogP contribution in [0.25, 0.3) is 98.8 Å². The van der Waals surface area contributed by atoms with E-state index < -0.39 is 0 Å². The van der Waals surface area contributed by atoms with Gasteiger partial charge in [0.2, 0.25) is 0 Å². The summed E-state index contributed by atoms with van der Waals surface area (Å²) in [4.78, 5) is 0. The first-order valence-electron chi connectivity index (χ1n) is 19.5. The van der Waals surface area contributed by atoms with Crippen LogP contribution in [0.5, 0.6) is 0 Å². The Hall–Kier alpha value is -6.44. The number of para-hydroxylation sites is 1. The van der Waals surface area contributed by atoms with Crippen LogP contribution in [0.1, 0.15) is 49.9 Å². The predicted octanol–water partition coefficient (Wildman–Crippen LogP) is 15.0. The number of fused-ring (bicyclic) bond motifs is 14. The Balaban J connectivity index is 1.08. The molecule has 0 atom stereocenters. The Kier molecular flexibility index (Phi) is 5.98. The van der Waals surface area contributed by atoms with Gasteiger partial charge in [-0.15, -0.1) is 0 Å². The molecule has 260 valence electrons. The van der Waals surface area contributed by atoms with Crippen molar-refractivity contribution in [3.8, 4) is 44.5 Å². The van der Waals surface area contributed by atoms with Gasteiger partial charge in [0.15, 0.2) is 0 Å². The number of hydrogen-bond acceptors (Lipinski definition) is 1. The first-order valence-corrected chi connectivity index (χ1v) is 19.5. The van der Waals surface area contributed by atoms with Crippen LogP contribution in [0.4, 0.5) is 0 Å². The van der Waals surface area contributed by atoms with E-state index in [4.69, 9.17) is 4.42 Å². The van der Waals surface area contributed by atoms with Crippen molar-refractivity contribution < 1.29 is 4.42 Å². The molecule has 0 saturated heterocycles. The molecule has 10 aromatic rings. The second kappa shape index (κ2) is 10.6. The van der Waals surface area contributed by atoms with Gasteiger partial charge in [0.1, 0.15) is 11.2 Å². The van der Waals surface area contributed by atoms with Crippen LogP contribution < -0.4 is 0 Å². The number of benzene rings is 9. The van der Waals surface area contributed by atoms with Crippen molar-refractivity contribution in [3.63, 3.8) is 0 Å². The van der Waals surface area contributed by atoms with Gasteiger partial charge in [0.05, 0.1) is 0 Å². The van der Waals surface area contributed by atoms with Gasteiger partial charge < -0.3 is 4.42 Å². The molecule has 55 heavy (non-hydrogen) atoms. The summed E-state index contributed by atoms with van der Waals surface area (Å²) in [6.45, 7) is 9.50. The number of furan rings is 1. The molecule has 0 bridgehead atoms. The fraction of sp³-hybridized carbons (Fsp3) is 0.111. The minimum absolute atomic E-state index is 0.0222. The van der Waals surface area contributed by atoms with Crippen molar-refractivity contribution in [3.05, 3.63) is 180 Å². The SMILES string of the molecule is CC1(C)c2ccccc2-c2cc(-c3c4ccccc4c(-c4ccc5c(c4)C(C)(C)c4ccc6c(ccc7oc8ccccc8c76)c4-5)c4ccccc34)ccc21. The minimum atomic E-state index is -0.164. The maximum atomic E-state index is 6.30. The highest BCUT2D eigenvalue weighted by molar-refractivity contribution is 6.23. The third kappa shape index (κ3) is 3.98. The molecule has 1 heteroatoms.